The van der Waals surface area contributed by atoms with Crippen LogP contribution in [0.4, 0.5) is 0 Å². The summed E-state index contributed by atoms with van der Waals surface area (Å²) in [6, 6.07) is -1.22. The molecule has 3 N–H and O–H groups in total. The van der Waals surface area contributed by atoms with Gasteiger partial charge in [-0.3, -0.25) is 23.2 Å². The second-order valence-corrected chi connectivity index (χ2v) is 8.35. The first kappa shape index (κ1) is 27.0. The maximum atomic E-state index is 12.5. The molecule has 176 valence electrons. The summed E-state index contributed by atoms with van der Waals surface area (Å²) >= 11 is 0. The monoisotopic (exact) mass is 455 g/mol. The molecule has 0 aromatic heterocycles. The third-order valence-electron chi connectivity index (χ3n) is 4.19. The van der Waals surface area contributed by atoms with Crippen LogP contribution in [0.25, 0.3) is 0 Å². The van der Waals surface area contributed by atoms with Crippen molar-refractivity contribution in [1.29, 1.82) is 0 Å². The highest BCUT2D eigenvalue weighted by Gasteiger charge is 2.48. The number of hydrogen-bond acceptors (Lipinski definition) is 10. The van der Waals surface area contributed by atoms with Crippen LogP contribution in [0.5, 0.6) is 0 Å². The van der Waals surface area contributed by atoms with E-state index in [9.17, 15) is 24.4 Å². The third kappa shape index (κ3) is 8.22. The van der Waals surface area contributed by atoms with E-state index >= 15 is 0 Å². The molecule has 1 heterocycles. The number of amides is 1. The van der Waals surface area contributed by atoms with Crippen LogP contribution in [-0.4, -0.2) is 72.6 Å². The summed E-state index contributed by atoms with van der Waals surface area (Å²) in [5.74, 6) is -0.988. The molecule has 30 heavy (non-hydrogen) atoms. The van der Waals surface area contributed by atoms with Crippen molar-refractivity contribution < 1.29 is 47.4 Å². The van der Waals surface area contributed by atoms with Crippen molar-refractivity contribution in [1.82, 2.24) is 5.32 Å². The summed E-state index contributed by atoms with van der Waals surface area (Å²) in [5.41, 5.74) is 0. The fraction of sp³-hybridized carbons (Fsp3) is 0.889. The molecule has 1 unspecified atom stereocenters. The van der Waals surface area contributed by atoms with Crippen molar-refractivity contribution >= 4 is 19.7 Å². The van der Waals surface area contributed by atoms with E-state index in [0.29, 0.717) is 12.8 Å². The molecule has 0 aromatic rings. The molecule has 0 radical (unpaired) electrons. The first-order valence-corrected chi connectivity index (χ1v) is 11.7. The van der Waals surface area contributed by atoms with E-state index in [2.05, 4.69) is 5.32 Å². The molecule has 11 nitrogen and oxygen atoms in total. The van der Waals surface area contributed by atoms with Crippen LogP contribution in [0.3, 0.4) is 0 Å². The number of hydrogen-bond donors (Lipinski definition) is 3. The van der Waals surface area contributed by atoms with Gasteiger partial charge in [0, 0.05) is 12.8 Å². The Hall–Kier alpha value is -1.07. The zero-order chi connectivity index (χ0) is 22.7. The van der Waals surface area contributed by atoms with Gasteiger partial charge in [0.2, 0.25) is 5.91 Å². The lowest BCUT2D eigenvalue weighted by Crippen LogP contribution is -2.65. The van der Waals surface area contributed by atoms with Crippen LogP contribution < -0.4 is 5.32 Å². The molecule has 1 rings (SSSR count). The summed E-state index contributed by atoms with van der Waals surface area (Å²) in [6.07, 6.45) is -4.16. The van der Waals surface area contributed by atoms with Gasteiger partial charge in [-0.15, -0.1) is 0 Å². The number of carbonyl (C=O) groups excluding carboxylic acids is 2. The van der Waals surface area contributed by atoms with E-state index in [1.54, 1.807) is 20.8 Å². The van der Waals surface area contributed by atoms with Gasteiger partial charge in [-0.25, -0.2) is 4.57 Å². The third-order valence-corrected chi connectivity index (χ3v) is 5.80. The molecule has 0 spiro atoms. The molecule has 12 heteroatoms. The molecule has 5 atom stereocenters. The SMILES string of the molecule is CCCC(=O)N[C@H]1C(O)O[C@H](COP(=O)(OCC)OCC)[C@@H](OC(=O)CCC)[C@@H]1O. The van der Waals surface area contributed by atoms with Crippen LogP contribution in [0.2, 0.25) is 0 Å². The number of esters is 1. The van der Waals surface area contributed by atoms with E-state index in [1.807, 2.05) is 6.92 Å². The molecule has 0 aliphatic carbocycles. The van der Waals surface area contributed by atoms with Gasteiger partial charge in [0.15, 0.2) is 12.4 Å². The molecule has 0 aromatic carbocycles. The molecule has 1 aliphatic rings. The summed E-state index contributed by atoms with van der Waals surface area (Å²) in [4.78, 5) is 24.0. The quantitative estimate of drug-likeness (QED) is 0.274. The van der Waals surface area contributed by atoms with Gasteiger partial charge in [-0.1, -0.05) is 13.8 Å². The first-order chi connectivity index (χ1) is 14.2. The molecule has 1 saturated heterocycles. The lowest BCUT2D eigenvalue weighted by molar-refractivity contribution is -0.259. The van der Waals surface area contributed by atoms with Crippen LogP contribution in [0.1, 0.15) is 53.4 Å². The molecule has 1 fully saturated rings. The maximum Gasteiger partial charge on any atom is 0.474 e. The minimum atomic E-state index is -3.90. The average Bonchev–Trinajstić information content (AvgIpc) is 2.67. The number of nitrogens with one attached hydrogen (secondary N) is 1. The molecule has 0 saturated carbocycles. The number of rotatable bonds is 13. The van der Waals surface area contributed by atoms with Gasteiger partial charge < -0.3 is 25.0 Å². The number of phosphoric ester groups is 1. The molecular formula is C18H34NO10P. The minimum Gasteiger partial charge on any atom is -0.457 e. The maximum absolute atomic E-state index is 12.5. The highest BCUT2D eigenvalue weighted by molar-refractivity contribution is 7.48. The fourth-order valence-electron chi connectivity index (χ4n) is 2.86. The molecular weight excluding hydrogens is 421 g/mol. The van der Waals surface area contributed by atoms with Gasteiger partial charge in [0.05, 0.1) is 19.8 Å². The number of ether oxygens (including phenoxy) is 2. The predicted molar refractivity (Wildman–Crippen MR) is 105 cm³/mol. The van der Waals surface area contributed by atoms with E-state index in [1.165, 1.54) is 0 Å². The smallest absolute Gasteiger partial charge is 0.457 e. The van der Waals surface area contributed by atoms with E-state index in [0.717, 1.165) is 0 Å². The zero-order valence-electron chi connectivity index (χ0n) is 17.9. The highest BCUT2D eigenvalue weighted by atomic mass is 31.2. The van der Waals surface area contributed by atoms with Gasteiger partial charge in [0.1, 0.15) is 18.2 Å². The van der Waals surface area contributed by atoms with Crippen molar-refractivity contribution in [3.05, 3.63) is 0 Å². The zero-order valence-corrected chi connectivity index (χ0v) is 18.8. The van der Waals surface area contributed by atoms with Crippen LogP contribution >= 0.6 is 7.82 Å². The Labute approximate surface area is 177 Å². The van der Waals surface area contributed by atoms with Gasteiger partial charge in [0.25, 0.3) is 0 Å². The van der Waals surface area contributed by atoms with Gasteiger partial charge in [-0.05, 0) is 26.7 Å². The van der Waals surface area contributed by atoms with Crippen molar-refractivity contribution in [2.75, 3.05) is 19.8 Å². The normalized spacial score (nSPS) is 26.9. The summed E-state index contributed by atoms with van der Waals surface area (Å²) < 4.78 is 38.6. The highest BCUT2D eigenvalue weighted by Crippen LogP contribution is 2.49. The standard InChI is InChI=1S/C18H34NO10P/c1-5-9-13(20)19-15-16(22)17(29-14(21)10-6-2)12(28-18(15)23)11-27-30(24,25-7-3)26-8-4/h12,15-18,22-23H,5-11H2,1-4H3,(H,19,20)/t12-,15-,16-,17-,18?/m1/s1. The summed E-state index contributed by atoms with van der Waals surface area (Å²) in [5, 5.41) is 23.5. The van der Waals surface area contributed by atoms with Crippen LogP contribution in [-0.2, 0) is 37.2 Å². The number of aliphatic hydroxyl groups excluding tert-OH is 2. The van der Waals surface area contributed by atoms with E-state index in [-0.39, 0.29) is 26.1 Å². The van der Waals surface area contributed by atoms with Crippen LogP contribution in [0, 0.1) is 0 Å². The Bertz CT molecular complexity index is 579. The van der Waals surface area contributed by atoms with Crippen molar-refractivity contribution in [2.45, 2.75) is 84.0 Å². The minimum absolute atomic E-state index is 0.0640. The van der Waals surface area contributed by atoms with E-state index < -0.39 is 56.9 Å². The van der Waals surface area contributed by atoms with Crippen molar-refractivity contribution in [2.24, 2.45) is 0 Å². The van der Waals surface area contributed by atoms with Crippen LogP contribution in [0.15, 0.2) is 0 Å². The number of aliphatic hydroxyl groups is 2. The second-order valence-electron chi connectivity index (χ2n) is 6.68. The average molecular weight is 455 g/mol. The Kier molecular flexibility index (Phi) is 12.0. The molecule has 1 amide bonds. The number of carbonyl (C=O) groups is 2. The number of phosphoric acid groups is 1. The lowest BCUT2D eigenvalue weighted by atomic mass is 9.96. The predicted octanol–water partition coefficient (Wildman–Crippen LogP) is 1.26. The molecule has 0 bridgehead atoms. The summed E-state index contributed by atoms with van der Waals surface area (Å²) in [7, 11) is -3.90. The summed E-state index contributed by atoms with van der Waals surface area (Å²) in [6.45, 7) is 6.49. The lowest BCUT2D eigenvalue weighted by Gasteiger charge is -2.42. The van der Waals surface area contributed by atoms with Gasteiger partial charge >= 0.3 is 13.8 Å². The van der Waals surface area contributed by atoms with Crippen molar-refractivity contribution in [3.8, 4) is 0 Å². The van der Waals surface area contributed by atoms with Crippen molar-refractivity contribution in [3.63, 3.8) is 0 Å². The first-order valence-electron chi connectivity index (χ1n) is 10.2. The van der Waals surface area contributed by atoms with E-state index in [4.69, 9.17) is 23.0 Å². The second kappa shape index (κ2) is 13.4. The largest absolute Gasteiger partial charge is 0.474 e. The Morgan fingerprint density at radius 2 is 1.60 bits per heavy atom. The van der Waals surface area contributed by atoms with Gasteiger partial charge in [-0.2, -0.15) is 0 Å². The Morgan fingerprint density at radius 3 is 2.13 bits per heavy atom. The fourth-order valence-corrected chi connectivity index (χ4v) is 4.05. The Morgan fingerprint density at radius 1 is 1.00 bits per heavy atom. The Balaban J connectivity index is 2.98. The molecule has 1 aliphatic heterocycles. The topological polar surface area (TPSA) is 150 Å².